The maximum Gasteiger partial charge on any atom is 0.305 e. The number of thiazole rings is 1. The van der Waals surface area contributed by atoms with Crippen LogP contribution >= 0.6 is 11.3 Å². The molecule has 0 bridgehead atoms. The van der Waals surface area contributed by atoms with Gasteiger partial charge in [0.2, 0.25) is 0 Å². The average molecular weight is 331 g/mol. The molecule has 0 aromatic carbocycles. The van der Waals surface area contributed by atoms with E-state index in [4.69, 9.17) is 0 Å². The summed E-state index contributed by atoms with van der Waals surface area (Å²) in [6.45, 7) is 3.68. The molecule has 3 rings (SSSR count). The summed E-state index contributed by atoms with van der Waals surface area (Å²) >= 11 is 0.794. The number of hydrogen-bond donors (Lipinski definition) is 2. The van der Waals surface area contributed by atoms with E-state index >= 15 is 0 Å². The zero-order valence-electron chi connectivity index (χ0n) is 12.1. The summed E-state index contributed by atoms with van der Waals surface area (Å²) in [7, 11) is -3.57. The van der Waals surface area contributed by atoms with Crippen molar-refractivity contribution in [2.75, 3.05) is 19.6 Å². The van der Waals surface area contributed by atoms with Crippen molar-refractivity contribution in [1.29, 1.82) is 0 Å². The van der Waals surface area contributed by atoms with Gasteiger partial charge >= 0.3 is 4.87 Å². The number of aromatic amines is 1. The first kappa shape index (κ1) is 15.2. The summed E-state index contributed by atoms with van der Waals surface area (Å²) in [5, 5.41) is 3.35. The van der Waals surface area contributed by atoms with E-state index in [-0.39, 0.29) is 15.1 Å². The molecule has 1 aromatic heterocycles. The molecule has 1 aliphatic heterocycles. The van der Waals surface area contributed by atoms with Gasteiger partial charge in [-0.15, -0.1) is 0 Å². The summed E-state index contributed by atoms with van der Waals surface area (Å²) in [5.41, 5.74) is 0.449. The van der Waals surface area contributed by atoms with Crippen LogP contribution in [0.15, 0.2) is 9.00 Å². The van der Waals surface area contributed by atoms with E-state index in [0.29, 0.717) is 24.7 Å². The molecule has 1 aliphatic carbocycles. The average Bonchev–Trinajstić information content (AvgIpc) is 2.94. The molecule has 118 valence electrons. The van der Waals surface area contributed by atoms with E-state index in [9.17, 15) is 13.2 Å². The molecule has 6 nitrogen and oxygen atoms in total. The van der Waals surface area contributed by atoms with Crippen LogP contribution in [0.5, 0.6) is 0 Å². The topological polar surface area (TPSA) is 82.3 Å². The zero-order valence-corrected chi connectivity index (χ0v) is 13.7. The third-order valence-electron chi connectivity index (χ3n) is 4.10. The summed E-state index contributed by atoms with van der Waals surface area (Å²) in [6, 6.07) is 0.231. The monoisotopic (exact) mass is 331 g/mol. The molecule has 2 heterocycles. The largest absolute Gasteiger partial charge is 0.315 e. The Morgan fingerprint density at radius 3 is 2.57 bits per heavy atom. The first-order valence-electron chi connectivity index (χ1n) is 7.40. The molecule has 21 heavy (non-hydrogen) atoms. The third-order valence-corrected chi connectivity index (χ3v) is 7.51. The Hall–Kier alpha value is -0.700. The van der Waals surface area contributed by atoms with E-state index in [0.717, 1.165) is 43.6 Å². The molecule has 1 saturated carbocycles. The molecule has 8 heteroatoms. The molecule has 0 amide bonds. The van der Waals surface area contributed by atoms with Crippen LogP contribution in [-0.2, 0) is 10.0 Å². The number of nitrogens with zero attached hydrogens (tertiary/aromatic N) is 1. The van der Waals surface area contributed by atoms with Crippen LogP contribution < -0.4 is 10.2 Å². The standard InChI is InChI=1S/C13H21N3O3S2/c1-9-12(20-13(17)15-9)21(18,19)16(7-10-4-5-10)8-11-3-2-6-14-11/h10-11,14H,2-8H2,1H3,(H,15,17). The van der Waals surface area contributed by atoms with Crippen LogP contribution in [0.2, 0.25) is 0 Å². The van der Waals surface area contributed by atoms with Gasteiger partial charge in [-0.2, -0.15) is 4.31 Å². The lowest BCUT2D eigenvalue weighted by molar-refractivity contribution is 0.359. The van der Waals surface area contributed by atoms with E-state index in [1.807, 2.05) is 0 Å². The third kappa shape index (κ3) is 3.39. The van der Waals surface area contributed by atoms with Gasteiger partial charge in [-0.3, -0.25) is 4.79 Å². The molecular weight excluding hydrogens is 310 g/mol. The molecule has 1 atom stereocenters. The SMILES string of the molecule is Cc1[nH]c(=O)sc1S(=O)(=O)N(CC1CC1)CC1CCCN1. The summed E-state index contributed by atoms with van der Waals surface area (Å²) in [5.74, 6) is 0.483. The molecule has 1 aromatic rings. The second-order valence-electron chi connectivity index (χ2n) is 5.99. The first-order chi connectivity index (χ1) is 9.96. The van der Waals surface area contributed by atoms with Gasteiger partial charge in [-0.25, -0.2) is 8.42 Å². The minimum Gasteiger partial charge on any atom is -0.315 e. The molecular formula is C13H21N3O3S2. The number of hydrogen-bond acceptors (Lipinski definition) is 5. The van der Waals surface area contributed by atoms with Crippen molar-refractivity contribution in [1.82, 2.24) is 14.6 Å². The summed E-state index contributed by atoms with van der Waals surface area (Å²) in [4.78, 5) is 13.7. The van der Waals surface area contributed by atoms with Crippen LogP contribution in [0, 0.1) is 12.8 Å². The fraction of sp³-hybridized carbons (Fsp3) is 0.769. The molecule has 0 spiro atoms. The fourth-order valence-corrected chi connectivity index (χ4v) is 5.77. The lowest BCUT2D eigenvalue weighted by Crippen LogP contribution is -2.42. The van der Waals surface area contributed by atoms with Gasteiger partial charge in [0, 0.05) is 24.8 Å². The molecule has 1 unspecified atom stereocenters. The number of H-pyrrole nitrogens is 1. The number of aromatic nitrogens is 1. The van der Waals surface area contributed by atoms with Crippen LogP contribution in [0.25, 0.3) is 0 Å². The van der Waals surface area contributed by atoms with E-state index in [2.05, 4.69) is 10.3 Å². The highest BCUT2D eigenvalue weighted by Crippen LogP contribution is 2.32. The normalized spacial score (nSPS) is 23.0. The highest BCUT2D eigenvalue weighted by Gasteiger charge is 2.35. The first-order valence-corrected chi connectivity index (χ1v) is 9.65. The van der Waals surface area contributed by atoms with Crippen LogP contribution in [-0.4, -0.2) is 43.4 Å². The number of rotatable bonds is 6. The lowest BCUT2D eigenvalue weighted by Gasteiger charge is -2.24. The summed E-state index contributed by atoms with van der Waals surface area (Å²) < 4.78 is 27.5. The quantitative estimate of drug-likeness (QED) is 0.811. The fourth-order valence-electron chi connectivity index (χ4n) is 2.77. The second-order valence-corrected chi connectivity index (χ2v) is 9.10. The molecule has 2 aliphatic rings. The Labute approximate surface area is 128 Å². The van der Waals surface area contributed by atoms with Gasteiger partial charge < -0.3 is 10.3 Å². The Morgan fingerprint density at radius 1 is 1.29 bits per heavy atom. The lowest BCUT2D eigenvalue weighted by atomic mass is 10.2. The van der Waals surface area contributed by atoms with Gasteiger partial charge in [-0.05, 0) is 45.1 Å². The van der Waals surface area contributed by atoms with Gasteiger partial charge in [0.1, 0.15) is 0 Å². The summed E-state index contributed by atoms with van der Waals surface area (Å²) in [6.07, 6.45) is 4.32. The predicted octanol–water partition coefficient (Wildman–Crippen LogP) is 0.898. The van der Waals surface area contributed by atoms with Gasteiger partial charge in [0.05, 0.1) is 0 Å². The number of aryl methyl sites for hydroxylation is 1. The van der Waals surface area contributed by atoms with Crippen LogP contribution in [0.3, 0.4) is 0 Å². The van der Waals surface area contributed by atoms with Gasteiger partial charge in [0.15, 0.2) is 4.21 Å². The molecule has 2 fully saturated rings. The maximum atomic E-state index is 12.9. The predicted molar refractivity (Wildman–Crippen MR) is 82.2 cm³/mol. The minimum absolute atomic E-state index is 0.172. The Balaban J connectivity index is 1.85. The minimum atomic E-state index is -3.57. The van der Waals surface area contributed by atoms with Crippen molar-refractivity contribution in [2.45, 2.75) is 42.9 Å². The highest BCUT2D eigenvalue weighted by atomic mass is 32.2. The van der Waals surface area contributed by atoms with Crippen LogP contribution in [0.1, 0.15) is 31.4 Å². The van der Waals surface area contributed by atoms with Gasteiger partial charge in [0.25, 0.3) is 10.0 Å². The van der Waals surface area contributed by atoms with E-state index in [1.165, 1.54) is 0 Å². The molecule has 0 radical (unpaired) electrons. The van der Waals surface area contributed by atoms with Crippen molar-refractivity contribution < 1.29 is 8.42 Å². The number of sulfonamides is 1. The van der Waals surface area contributed by atoms with Crippen molar-refractivity contribution in [3.05, 3.63) is 15.4 Å². The van der Waals surface area contributed by atoms with Crippen molar-refractivity contribution in [3.8, 4) is 0 Å². The molecule has 2 N–H and O–H groups in total. The smallest absolute Gasteiger partial charge is 0.305 e. The Bertz CT molecular complexity index is 654. The van der Waals surface area contributed by atoms with Crippen molar-refractivity contribution in [3.63, 3.8) is 0 Å². The maximum absolute atomic E-state index is 12.9. The van der Waals surface area contributed by atoms with Crippen molar-refractivity contribution >= 4 is 21.4 Å². The zero-order chi connectivity index (χ0) is 15.0. The van der Waals surface area contributed by atoms with E-state index in [1.54, 1.807) is 11.2 Å². The van der Waals surface area contributed by atoms with Crippen LogP contribution in [0.4, 0.5) is 0 Å². The second kappa shape index (κ2) is 5.83. The Morgan fingerprint density at radius 2 is 2.05 bits per heavy atom. The number of nitrogens with one attached hydrogen (secondary N) is 2. The van der Waals surface area contributed by atoms with Gasteiger partial charge in [-0.1, -0.05) is 11.3 Å². The highest BCUT2D eigenvalue weighted by molar-refractivity contribution is 7.91. The Kier molecular flexibility index (Phi) is 4.22. The van der Waals surface area contributed by atoms with Crippen molar-refractivity contribution in [2.24, 2.45) is 5.92 Å². The van der Waals surface area contributed by atoms with E-state index < -0.39 is 10.0 Å². The molecule has 1 saturated heterocycles.